The average molecular weight is 282 g/mol. The summed E-state index contributed by atoms with van der Waals surface area (Å²) >= 11 is 1.85. The number of esters is 1. The molecule has 0 aliphatic rings. The summed E-state index contributed by atoms with van der Waals surface area (Å²) in [6.45, 7) is 2.85. The second-order valence-corrected chi connectivity index (χ2v) is 5.52. The van der Waals surface area contributed by atoms with Crippen LogP contribution in [0.3, 0.4) is 0 Å². The SMILES string of the molecule is COC(=O)c1cccnc1CN(C)C(C)CCSC. The first kappa shape index (κ1) is 16.0. The average Bonchev–Trinajstić information content (AvgIpc) is 2.44. The van der Waals surface area contributed by atoms with Gasteiger partial charge in [-0.1, -0.05) is 0 Å². The second kappa shape index (κ2) is 8.17. The van der Waals surface area contributed by atoms with Gasteiger partial charge in [-0.05, 0) is 44.5 Å². The Morgan fingerprint density at radius 1 is 1.58 bits per heavy atom. The van der Waals surface area contributed by atoms with Crippen molar-refractivity contribution in [2.45, 2.75) is 25.9 Å². The molecule has 0 fully saturated rings. The minimum absolute atomic E-state index is 0.326. The maximum atomic E-state index is 11.7. The van der Waals surface area contributed by atoms with E-state index in [1.807, 2.05) is 11.8 Å². The molecule has 0 amide bonds. The van der Waals surface area contributed by atoms with Crippen molar-refractivity contribution in [1.29, 1.82) is 0 Å². The highest BCUT2D eigenvalue weighted by atomic mass is 32.2. The van der Waals surface area contributed by atoms with E-state index in [0.29, 0.717) is 18.2 Å². The van der Waals surface area contributed by atoms with Gasteiger partial charge in [-0.25, -0.2) is 4.79 Å². The molecule has 0 spiro atoms. The summed E-state index contributed by atoms with van der Waals surface area (Å²) in [7, 11) is 3.45. The number of carbonyl (C=O) groups is 1. The Kier molecular flexibility index (Phi) is 6.87. The fourth-order valence-corrected chi connectivity index (χ4v) is 2.34. The highest BCUT2D eigenvalue weighted by Gasteiger charge is 2.16. The van der Waals surface area contributed by atoms with Crippen molar-refractivity contribution in [3.05, 3.63) is 29.6 Å². The summed E-state index contributed by atoms with van der Waals surface area (Å²) in [5.41, 5.74) is 1.32. The number of carbonyl (C=O) groups excluding carboxylic acids is 1. The van der Waals surface area contributed by atoms with E-state index in [9.17, 15) is 4.79 Å². The number of pyridine rings is 1. The third kappa shape index (κ3) is 4.84. The van der Waals surface area contributed by atoms with Crippen LogP contribution < -0.4 is 0 Å². The van der Waals surface area contributed by atoms with Crippen molar-refractivity contribution in [2.75, 3.05) is 26.2 Å². The van der Waals surface area contributed by atoms with E-state index in [0.717, 1.165) is 17.9 Å². The molecule has 0 radical (unpaired) electrons. The molecule has 1 atom stereocenters. The molecule has 0 bridgehead atoms. The number of hydrogen-bond donors (Lipinski definition) is 0. The van der Waals surface area contributed by atoms with E-state index in [2.05, 4.69) is 30.1 Å². The van der Waals surface area contributed by atoms with Crippen LogP contribution in [0, 0.1) is 0 Å². The fraction of sp³-hybridized carbons (Fsp3) is 0.571. The monoisotopic (exact) mass is 282 g/mol. The lowest BCUT2D eigenvalue weighted by Crippen LogP contribution is -2.30. The molecule has 1 unspecified atom stereocenters. The Hall–Kier alpha value is -1.07. The van der Waals surface area contributed by atoms with Crippen LogP contribution in [-0.2, 0) is 11.3 Å². The van der Waals surface area contributed by atoms with Crippen molar-refractivity contribution >= 4 is 17.7 Å². The predicted molar refractivity (Wildman–Crippen MR) is 79.5 cm³/mol. The van der Waals surface area contributed by atoms with Gasteiger partial charge in [0.2, 0.25) is 0 Å². The molecule has 0 aromatic carbocycles. The van der Waals surface area contributed by atoms with Crippen LogP contribution in [0.25, 0.3) is 0 Å². The lowest BCUT2D eigenvalue weighted by Gasteiger charge is -2.24. The zero-order valence-corrected chi connectivity index (χ0v) is 12.9. The number of aromatic nitrogens is 1. The molecule has 19 heavy (non-hydrogen) atoms. The third-order valence-corrected chi connectivity index (χ3v) is 3.83. The first-order valence-electron chi connectivity index (χ1n) is 6.31. The highest BCUT2D eigenvalue weighted by Crippen LogP contribution is 2.13. The Morgan fingerprint density at radius 2 is 2.32 bits per heavy atom. The van der Waals surface area contributed by atoms with Crippen molar-refractivity contribution < 1.29 is 9.53 Å². The molecule has 0 saturated carbocycles. The molecule has 1 aromatic heterocycles. The van der Waals surface area contributed by atoms with Crippen molar-refractivity contribution in [3.8, 4) is 0 Å². The van der Waals surface area contributed by atoms with Crippen molar-refractivity contribution in [3.63, 3.8) is 0 Å². The maximum absolute atomic E-state index is 11.7. The standard InChI is InChI=1S/C14H22N2O2S/c1-11(7-9-19-4)16(2)10-13-12(14(17)18-3)6-5-8-15-13/h5-6,8,11H,7,9-10H2,1-4H3. The Balaban J connectivity index is 2.73. The van der Waals surface area contributed by atoms with Crippen LogP contribution in [0.5, 0.6) is 0 Å². The van der Waals surface area contributed by atoms with Gasteiger partial charge in [0.05, 0.1) is 18.4 Å². The number of hydrogen-bond acceptors (Lipinski definition) is 5. The smallest absolute Gasteiger partial charge is 0.339 e. The molecule has 1 heterocycles. The van der Waals surface area contributed by atoms with Crippen LogP contribution in [0.2, 0.25) is 0 Å². The normalized spacial score (nSPS) is 12.5. The second-order valence-electron chi connectivity index (χ2n) is 4.53. The summed E-state index contributed by atoms with van der Waals surface area (Å²) in [6.07, 6.45) is 4.95. The largest absolute Gasteiger partial charge is 0.465 e. The van der Waals surface area contributed by atoms with Crippen LogP contribution in [0.15, 0.2) is 18.3 Å². The van der Waals surface area contributed by atoms with Gasteiger partial charge >= 0.3 is 5.97 Å². The van der Waals surface area contributed by atoms with Gasteiger partial charge in [-0.3, -0.25) is 9.88 Å². The molecule has 0 aliphatic carbocycles. The predicted octanol–water partition coefficient (Wildman–Crippen LogP) is 2.44. The fourth-order valence-electron chi connectivity index (χ4n) is 1.76. The van der Waals surface area contributed by atoms with Gasteiger partial charge in [0.15, 0.2) is 0 Å². The molecular formula is C14H22N2O2S. The van der Waals surface area contributed by atoms with Crippen LogP contribution in [0.4, 0.5) is 0 Å². The summed E-state index contributed by atoms with van der Waals surface area (Å²) in [5.74, 6) is 0.811. The van der Waals surface area contributed by atoms with E-state index < -0.39 is 0 Å². The number of nitrogens with zero attached hydrogens (tertiary/aromatic N) is 2. The van der Waals surface area contributed by atoms with Crippen LogP contribution in [-0.4, -0.2) is 48.1 Å². The summed E-state index contributed by atoms with van der Waals surface area (Å²) in [6, 6.07) is 3.97. The number of ether oxygens (including phenoxy) is 1. The van der Waals surface area contributed by atoms with Crippen molar-refractivity contribution in [1.82, 2.24) is 9.88 Å². The van der Waals surface area contributed by atoms with Gasteiger partial charge in [-0.15, -0.1) is 0 Å². The number of thioether (sulfide) groups is 1. The van der Waals surface area contributed by atoms with E-state index in [1.54, 1.807) is 18.3 Å². The minimum Gasteiger partial charge on any atom is -0.465 e. The zero-order chi connectivity index (χ0) is 14.3. The van der Waals surface area contributed by atoms with Gasteiger partial charge < -0.3 is 4.74 Å². The van der Waals surface area contributed by atoms with E-state index in [4.69, 9.17) is 4.74 Å². The highest BCUT2D eigenvalue weighted by molar-refractivity contribution is 7.98. The molecule has 106 valence electrons. The van der Waals surface area contributed by atoms with Crippen molar-refractivity contribution in [2.24, 2.45) is 0 Å². The molecule has 1 aromatic rings. The van der Waals surface area contributed by atoms with Gasteiger partial charge in [0, 0.05) is 18.8 Å². The van der Waals surface area contributed by atoms with E-state index >= 15 is 0 Å². The first-order chi connectivity index (χ1) is 9.10. The lowest BCUT2D eigenvalue weighted by molar-refractivity contribution is 0.0597. The van der Waals surface area contributed by atoms with Crippen LogP contribution in [0.1, 0.15) is 29.4 Å². The van der Waals surface area contributed by atoms with Gasteiger partial charge in [-0.2, -0.15) is 11.8 Å². The molecule has 4 nitrogen and oxygen atoms in total. The van der Waals surface area contributed by atoms with Gasteiger partial charge in [0.25, 0.3) is 0 Å². The molecule has 0 N–H and O–H groups in total. The minimum atomic E-state index is -0.326. The van der Waals surface area contributed by atoms with E-state index in [-0.39, 0.29) is 5.97 Å². The quantitative estimate of drug-likeness (QED) is 0.719. The Bertz CT molecular complexity index is 412. The third-order valence-electron chi connectivity index (χ3n) is 3.19. The zero-order valence-electron chi connectivity index (χ0n) is 12.0. The molecule has 0 aliphatic heterocycles. The summed E-state index contributed by atoms with van der Waals surface area (Å²) < 4.78 is 4.78. The molecule has 1 rings (SSSR count). The first-order valence-corrected chi connectivity index (χ1v) is 7.71. The summed E-state index contributed by atoms with van der Waals surface area (Å²) in [5, 5.41) is 0. The maximum Gasteiger partial charge on any atom is 0.339 e. The number of rotatable bonds is 7. The molecular weight excluding hydrogens is 260 g/mol. The molecule has 0 saturated heterocycles. The number of methoxy groups -OCH3 is 1. The van der Waals surface area contributed by atoms with Crippen LogP contribution >= 0.6 is 11.8 Å². The molecule has 5 heteroatoms. The topological polar surface area (TPSA) is 42.4 Å². The van der Waals surface area contributed by atoms with E-state index in [1.165, 1.54) is 7.11 Å². The Morgan fingerprint density at radius 3 is 2.95 bits per heavy atom. The summed E-state index contributed by atoms with van der Waals surface area (Å²) in [4.78, 5) is 18.2. The Labute approximate surface area is 119 Å². The van der Waals surface area contributed by atoms with Gasteiger partial charge in [0.1, 0.15) is 0 Å². The lowest BCUT2D eigenvalue weighted by atomic mass is 10.1.